The lowest BCUT2D eigenvalue weighted by Crippen LogP contribution is -2.28. The van der Waals surface area contributed by atoms with Gasteiger partial charge in [-0.1, -0.05) is 36.4 Å². The summed E-state index contributed by atoms with van der Waals surface area (Å²) in [5.41, 5.74) is 1.11. The summed E-state index contributed by atoms with van der Waals surface area (Å²) in [5, 5.41) is 8.60. The van der Waals surface area contributed by atoms with Gasteiger partial charge < -0.3 is 4.90 Å². The molecule has 0 radical (unpaired) electrons. The van der Waals surface area contributed by atoms with Gasteiger partial charge in [0.2, 0.25) is 10.0 Å². The van der Waals surface area contributed by atoms with Gasteiger partial charge in [-0.25, -0.2) is 13.1 Å². The van der Waals surface area contributed by atoms with Crippen molar-refractivity contribution in [1.29, 1.82) is 5.26 Å². The summed E-state index contributed by atoms with van der Waals surface area (Å²) < 4.78 is 27.4. The molecule has 0 unspecified atom stereocenters. The molecule has 0 aliphatic carbocycles. The van der Waals surface area contributed by atoms with E-state index in [1.807, 2.05) is 36.4 Å². The largest absolute Gasteiger partial charge is 0.341 e. The zero-order chi connectivity index (χ0) is 18.3. The highest BCUT2D eigenvalue weighted by atomic mass is 32.2. The average Bonchev–Trinajstić information content (AvgIpc) is 2.65. The Labute approximate surface area is 147 Å². The molecular weight excluding hydrogens is 338 g/mol. The minimum atomic E-state index is -3.73. The van der Waals surface area contributed by atoms with Gasteiger partial charge >= 0.3 is 0 Å². The van der Waals surface area contributed by atoms with E-state index in [9.17, 15) is 13.2 Å². The summed E-state index contributed by atoms with van der Waals surface area (Å²) in [6.45, 7) is 0.460. The van der Waals surface area contributed by atoms with E-state index in [1.54, 1.807) is 13.1 Å². The summed E-state index contributed by atoms with van der Waals surface area (Å²) >= 11 is 0. The number of sulfonamides is 1. The van der Waals surface area contributed by atoms with Crippen LogP contribution < -0.4 is 4.72 Å². The standard InChI is InChI=1S/C18H19N3O3S/c1-21(12-6-11-19)18(22)16-9-5-10-17(13-16)25(23,24)20-14-15-7-3-2-4-8-15/h2-5,7-10,13,20H,6,12,14H2,1H3. The number of nitriles is 1. The molecule has 2 aromatic rings. The summed E-state index contributed by atoms with van der Waals surface area (Å²) in [6, 6.07) is 17.0. The van der Waals surface area contributed by atoms with E-state index >= 15 is 0 Å². The first-order valence-electron chi connectivity index (χ1n) is 7.70. The monoisotopic (exact) mass is 357 g/mol. The zero-order valence-electron chi connectivity index (χ0n) is 13.8. The van der Waals surface area contributed by atoms with Crippen LogP contribution >= 0.6 is 0 Å². The second-order valence-corrected chi connectivity index (χ2v) is 7.24. The Morgan fingerprint density at radius 3 is 2.56 bits per heavy atom. The Bertz CT molecular complexity index is 874. The van der Waals surface area contributed by atoms with Gasteiger partial charge in [-0.05, 0) is 23.8 Å². The Kier molecular flexibility index (Phi) is 6.28. The average molecular weight is 357 g/mol. The first-order valence-corrected chi connectivity index (χ1v) is 9.18. The molecule has 0 aliphatic rings. The van der Waals surface area contributed by atoms with Crippen LogP contribution in [0.4, 0.5) is 0 Å². The minimum absolute atomic E-state index is 0.0305. The van der Waals surface area contributed by atoms with Gasteiger partial charge in [0.25, 0.3) is 5.91 Å². The molecule has 1 amide bonds. The van der Waals surface area contributed by atoms with Crippen molar-refractivity contribution in [3.63, 3.8) is 0 Å². The lowest BCUT2D eigenvalue weighted by molar-refractivity contribution is 0.0798. The van der Waals surface area contributed by atoms with Crippen LogP contribution in [0, 0.1) is 11.3 Å². The third-order valence-corrected chi connectivity index (χ3v) is 5.01. The van der Waals surface area contributed by atoms with Crippen LogP contribution in [0.3, 0.4) is 0 Å². The molecule has 0 spiro atoms. The second kappa shape index (κ2) is 8.42. The van der Waals surface area contributed by atoms with E-state index in [0.717, 1.165) is 5.56 Å². The highest BCUT2D eigenvalue weighted by Crippen LogP contribution is 2.14. The van der Waals surface area contributed by atoms with Gasteiger partial charge in [-0.15, -0.1) is 0 Å². The van der Waals surface area contributed by atoms with E-state index in [1.165, 1.54) is 23.1 Å². The van der Waals surface area contributed by atoms with Crippen LogP contribution in [-0.2, 0) is 16.6 Å². The Hall–Kier alpha value is -2.69. The highest BCUT2D eigenvalue weighted by molar-refractivity contribution is 7.89. The topological polar surface area (TPSA) is 90.3 Å². The van der Waals surface area contributed by atoms with Gasteiger partial charge in [0.05, 0.1) is 17.4 Å². The van der Waals surface area contributed by atoms with E-state index in [4.69, 9.17) is 5.26 Å². The molecule has 0 bridgehead atoms. The molecule has 7 heteroatoms. The summed E-state index contributed by atoms with van der Waals surface area (Å²) in [5.74, 6) is -0.324. The molecule has 0 saturated heterocycles. The number of nitrogens with zero attached hydrogens (tertiary/aromatic N) is 2. The normalized spacial score (nSPS) is 10.9. The molecule has 6 nitrogen and oxygen atoms in total. The molecule has 0 heterocycles. The van der Waals surface area contributed by atoms with Crippen molar-refractivity contribution in [2.24, 2.45) is 0 Å². The fourth-order valence-corrected chi connectivity index (χ4v) is 3.26. The fraction of sp³-hybridized carbons (Fsp3) is 0.222. The Morgan fingerprint density at radius 2 is 1.88 bits per heavy atom. The second-order valence-electron chi connectivity index (χ2n) is 5.47. The maximum absolute atomic E-state index is 12.4. The number of rotatable bonds is 7. The van der Waals surface area contributed by atoms with Crippen LogP contribution in [-0.4, -0.2) is 32.8 Å². The number of carbonyl (C=O) groups is 1. The number of benzene rings is 2. The van der Waals surface area contributed by atoms with Crippen molar-refractivity contribution in [2.75, 3.05) is 13.6 Å². The molecule has 0 fully saturated rings. The SMILES string of the molecule is CN(CCC#N)C(=O)c1cccc(S(=O)(=O)NCc2ccccc2)c1. The van der Waals surface area contributed by atoms with Crippen LogP contribution in [0.25, 0.3) is 0 Å². The van der Waals surface area contributed by atoms with Crippen molar-refractivity contribution in [2.45, 2.75) is 17.9 Å². The molecule has 0 aromatic heterocycles. The zero-order valence-corrected chi connectivity index (χ0v) is 14.7. The number of carbonyl (C=O) groups excluding carboxylic acids is 1. The molecule has 25 heavy (non-hydrogen) atoms. The van der Waals surface area contributed by atoms with Gasteiger partial charge in [0.15, 0.2) is 0 Å². The highest BCUT2D eigenvalue weighted by Gasteiger charge is 2.17. The molecule has 2 rings (SSSR count). The first-order chi connectivity index (χ1) is 11.9. The van der Waals surface area contributed by atoms with Crippen molar-refractivity contribution in [3.05, 3.63) is 65.7 Å². The van der Waals surface area contributed by atoms with E-state index < -0.39 is 10.0 Å². The Balaban J connectivity index is 2.14. The predicted molar refractivity (Wildman–Crippen MR) is 94.1 cm³/mol. The lowest BCUT2D eigenvalue weighted by Gasteiger charge is -2.16. The lowest BCUT2D eigenvalue weighted by atomic mass is 10.2. The third kappa shape index (κ3) is 5.14. The molecule has 0 atom stereocenters. The van der Waals surface area contributed by atoms with Crippen LogP contribution in [0.1, 0.15) is 22.3 Å². The third-order valence-electron chi connectivity index (χ3n) is 3.61. The molecule has 0 saturated carbocycles. The van der Waals surface area contributed by atoms with Crippen LogP contribution in [0.5, 0.6) is 0 Å². The number of nitrogens with one attached hydrogen (secondary N) is 1. The Morgan fingerprint density at radius 1 is 1.16 bits per heavy atom. The molecule has 2 aromatic carbocycles. The van der Waals surface area contributed by atoms with E-state index in [0.29, 0.717) is 6.54 Å². The van der Waals surface area contributed by atoms with Crippen molar-refractivity contribution in [1.82, 2.24) is 9.62 Å². The quantitative estimate of drug-likeness (QED) is 0.822. The molecule has 1 N–H and O–H groups in total. The summed E-state index contributed by atoms with van der Waals surface area (Å²) in [7, 11) is -2.15. The number of hydrogen-bond acceptors (Lipinski definition) is 4. The van der Waals surface area contributed by atoms with Gasteiger partial charge in [0.1, 0.15) is 0 Å². The van der Waals surface area contributed by atoms with Crippen LogP contribution in [0.2, 0.25) is 0 Å². The smallest absolute Gasteiger partial charge is 0.253 e. The van der Waals surface area contributed by atoms with Crippen LogP contribution in [0.15, 0.2) is 59.5 Å². The predicted octanol–water partition coefficient (Wildman–Crippen LogP) is 2.15. The first kappa shape index (κ1) is 18.6. The van der Waals surface area contributed by atoms with Crippen molar-refractivity contribution >= 4 is 15.9 Å². The van der Waals surface area contributed by atoms with Gasteiger partial charge in [-0.3, -0.25) is 4.79 Å². The van der Waals surface area contributed by atoms with Gasteiger partial charge in [-0.2, -0.15) is 5.26 Å². The summed E-state index contributed by atoms with van der Waals surface area (Å²) in [6.07, 6.45) is 0.221. The maximum atomic E-state index is 12.4. The van der Waals surface area contributed by atoms with Crippen molar-refractivity contribution in [3.8, 4) is 6.07 Å². The fourth-order valence-electron chi connectivity index (χ4n) is 2.19. The molecular formula is C18H19N3O3S. The summed E-state index contributed by atoms with van der Waals surface area (Å²) in [4.78, 5) is 13.7. The molecule has 130 valence electrons. The van der Waals surface area contributed by atoms with E-state index in [2.05, 4.69) is 4.72 Å². The minimum Gasteiger partial charge on any atom is -0.341 e. The molecule has 0 aliphatic heterocycles. The van der Waals surface area contributed by atoms with E-state index in [-0.39, 0.29) is 29.3 Å². The number of hydrogen-bond donors (Lipinski definition) is 1. The maximum Gasteiger partial charge on any atom is 0.253 e. The van der Waals surface area contributed by atoms with Gasteiger partial charge in [0, 0.05) is 25.7 Å². The van der Waals surface area contributed by atoms with Crippen molar-refractivity contribution < 1.29 is 13.2 Å². The number of amides is 1.